The molecule has 0 unspecified atom stereocenters. The second kappa shape index (κ2) is 8.26. The summed E-state index contributed by atoms with van der Waals surface area (Å²) in [5.74, 6) is 0.0806. The smallest absolute Gasteiger partial charge is 0.273 e. The molecule has 1 aromatic heterocycles. The standard InChI is InChI=1S/C23H25ClN4O3S/c1-23(2,3)28-21(14-20(26-28)15-7-8-15)22(29)25-18-5-4-6-19(13-18)32(30,31)27-17-11-9-16(24)10-12-17/h4-6,9-15,27H,7-8H2,1-3H3,(H,25,29). The minimum atomic E-state index is -3.84. The molecular weight excluding hydrogens is 448 g/mol. The zero-order chi connectivity index (χ0) is 23.1. The number of carbonyl (C=O) groups excluding carboxylic acids is 1. The maximum Gasteiger partial charge on any atom is 0.273 e. The molecule has 9 heteroatoms. The molecule has 2 aromatic carbocycles. The Morgan fingerprint density at radius 3 is 2.38 bits per heavy atom. The summed E-state index contributed by atoms with van der Waals surface area (Å²) in [6, 6.07) is 14.3. The van der Waals surface area contributed by atoms with E-state index >= 15 is 0 Å². The number of benzene rings is 2. The first-order valence-electron chi connectivity index (χ1n) is 10.3. The van der Waals surface area contributed by atoms with Crippen LogP contribution in [0, 0.1) is 0 Å². The van der Waals surface area contributed by atoms with Crippen LogP contribution in [0.3, 0.4) is 0 Å². The maximum absolute atomic E-state index is 13.1. The van der Waals surface area contributed by atoms with Gasteiger partial charge in [-0.2, -0.15) is 5.10 Å². The number of nitrogens with one attached hydrogen (secondary N) is 2. The fraction of sp³-hybridized carbons (Fsp3) is 0.304. The lowest BCUT2D eigenvalue weighted by Gasteiger charge is -2.22. The maximum atomic E-state index is 13.1. The molecule has 0 aliphatic heterocycles. The minimum absolute atomic E-state index is 0.0354. The van der Waals surface area contributed by atoms with Crippen LogP contribution < -0.4 is 10.0 Å². The number of nitrogens with zero attached hydrogens (tertiary/aromatic N) is 2. The molecule has 1 aliphatic rings. The fourth-order valence-corrected chi connectivity index (χ4v) is 4.55. The van der Waals surface area contributed by atoms with E-state index in [-0.39, 0.29) is 16.3 Å². The van der Waals surface area contributed by atoms with Crippen LogP contribution in [-0.4, -0.2) is 24.1 Å². The lowest BCUT2D eigenvalue weighted by molar-refractivity contribution is 0.100. The number of sulfonamides is 1. The summed E-state index contributed by atoms with van der Waals surface area (Å²) in [5, 5.41) is 7.99. The molecule has 0 bridgehead atoms. The highest BCUT2D eigenvalue weighted by atomic mass is 35.5. The molecule has 7 nitrogen and oxygen atoms in total. The van der Waals surface area contributed by atoms with Gasteiger partial charge in [0.1, 0.15) is 5.69 Å². The van der Waals surface area contributed by atoms with E-state index in [0.717, 1.165) is 18.5 Å². The number of hydrogen-bond donors (Lipinski definition) is 2. The molecule has 1 fully saturated rings. The van der Waals surface area contributed by atoms with Crippen LogP contribution in [0.5, 0.6) is 0 Å². The first-order valence-corrected chi connectivity index (χ1v) is 12.2. The Labute approximate surface area is 192 Å². The van der Waals surface area contributed by atoms with Gasteiger partial charge in [0.25, 0.3) is 15.9 Å². The molecular formula is C23H25ClN4O3S. The zero-order valence-electron chi connectivity index (χ0n) is 18.1. The first-order chi connectivity index (χ1) is 15.0. The molecule has 4 rings (SSSR count). The van der Waals surface area contributed by atoms with Gasteiger partial charge < -0.3 is 5.32 Å². The Balaban J connectivity index is 1.57. The summed E-state index contributed by atoms with van der Waals surface area (Å²) >= 11 is 5.86. The van der Waals surface area contributed by atoms with E-state index in [0.29, 0.717) is 28.0 Å². The first kappa shape index (κ1) is 22.4. The third-order valence-corrected chi connectivity index (χ3v) is 6.72. The van der Waals surface area contributed by atoms with Crippen molar-refractivity contribution < 1.29 is 13.2 Å². The largest absolute Gasteiger partial charge is 0.321 e. The van der Waals surface area contributed by atoms with Crippen LogP contribution in [0.15, 0.2) is 59.5 Å². The molecule has 0 spiro atoms. The van der Waals surface area contributed by atoms with E-state index in [1.54, 1.807) is 41.1 Å². The average molecular weight is 473 g/mol. The zero-order valence-corrected chi connectivity index (χ0v) is 19.7. The highest BCUT2D eigenvalue weighted by Gasteiger charge is 2.31. The summed E-state index contributed by atoms with van der Waals surface area (Å²) in [7, 11) is -3.84. The van der Waals surface area contributed by atoms with Gasteiger partial charge >= 0.3 is 0 Å². The fourth-order valence-electron chi connectivity index (χ4n) is 3.32. The number of hydrogen-bond acceptors (Lipinski definition) is 4. The van der Waals surface area contributed by atoms with Crippen molar-refractivity contribution >= 4 is 38.9 Å². The SMILES string of the molecule is CC(C)(C)n1nc(C2CC2)cc1C(=O)Nc1cccc(S(=O)(=O)Nc2ccc(Cl)cc2)c1. The molecule has 3 aromatic rings. The van der Waals surface area contributed by atoms with Gasteiger partial charge in [0.15, 0.2) is 0 Å². The predicted octanol–water partition coefficient (Wildman–Crippen LogP) is 5.22. The van der Waals surface area contributed by atoms with Crippen LogP contribution in [0.1, 0.15) is 55.7 Å². The lowest BCUT2D eigenvalue weighted by Crippen LogP contribution is -2.29. The molecule has 32 heavy (non-hydrogen) atoms. The van der Waals surface area contributed by atoms with Crippen molar-refractivity contribution in [2.24, 2.45) is 0 Å². The van der Waals surface area contributed by atoms with Crippen LogP contribution in [-0.2, 0) is 15.6 Å². The molecule has 168 valence electrons. The van der Waals surface area contributed by atoms with Gasteiger partial charge in [-0.1, -0.05) is 17.7 Å². The van der Waals surface area contributed by atoms with E-state index < -0.39 is 10.0 Å². The molecule has 1 heterocycles. The minimum Gasteiger partial charge on any atom is -0.321 e. The quantitative estimate of drug-likeness (QED) is 0.514. The highest BCUT2D eigenvalue weighted by Crippen LogP contribution is 2.40. The normalized spacial score (nSPS) is 14.2. The summed E-state index contributed by atoms with van der Waals surface area (Å²) in [5.41, 5.74) is 1.78. The van der Waals surface area contributed by atoms with Crippen molar-refractivity contribution in [1.82, 2.24) is 9.78 Å². The van der Waals surface area contributed by atoms with Crippen LogP contribution in [0.4, 0.5) is 11.4 Å². The molecule has 0 radical (unpaired) electrons. The second-order valence-corrected chi connectivity index (χ2v) is 11.0. The van der Waals surface area contributed by atoms with Crippen LogP contribution in [0.25, 0.3) is 0 Å². The molecule has 0 saturated heterocycles. The number of anilines is 2. The highest BCUT2D eigenvalue weighted by molar-refractivity contribution is 7.92. The Hall–Kier alpha value is -2.84. The predicted molar refractivity (Wildman–Crippen MR) is 126 cm³/mol. The van der Waals surface area contributed by atoms with Crippen molar-refractivity contribution in [3.63, 3.8) is 0 Å². The van der Waals surface area contributed by atoms with Gasteiger partial charge in [0, 0.05) is 22.3 Å². The Morgan fingerprint density at radius 1 is 1.06 bits per heavy atom. The van der Waals surface area contributed by atoms with Crippen molar-refractivity contribution in [3.8, 4) is 0 Å². The Kier molecular flexibility index (Phi) is 5.77. The van der Waals surface area contributed by atoms with E-state index in [1.165, 1.54) is 12.1 Å². The van der Waals surface area contributed by atoms with Gasteiger partial charge in [-0.15, -0.1) is 0 Å². The molecule has 0 atom stereocenters. The van der Waals surface area contributed by atoms with Gasteiger partial charge in [-0.05, 0) is 82.1 Å². The van der Waals surface area contributed by atoms with Gasteiger partial charge in [0.2, 0.25) is 0 Å². The molecule has 1 saturated carbocycles. The summed E-state index contributed by atoms with van der Waals surface area (Å²) in [6.45, 7) is 5.97. The Morgan fingerprint density at radius 2 is 1.75 bits per heavy atom. The van der Waals surface area contributed by atoms with Crippen LogP contribution >= 0.6 is 11.6 Å². The number of rotatable bonds is 6. The third kappa shape index (κ3) is 4.97. The van der Waals surface area contributed by atoms with Gasteiger partial charge in [0.05, 0.1) is 16.1 Å². The van der Waals surface area contributed by atoms with Crippen LogP contribution in [0.2, 0.25) is 5.02 Å². The van der Waals surface area contributed by atoms with Crippen molar-refractivity contribution in [2.75, 3.05) is 10.0 Å². The number of aromatic nitrogens is 2. The summed E-state index contributed by atoms with van der Waals surface area (Å²) < 4.78 is 29.8. The molecule has 1 aliphatic carbocycles. The van der Waals surface area contributed by atoms with Crippen molar-refractivity contribution in [1.29, 1.82) is 0 Å². The lowest BCUT2D eigenvalue weighted by atomic mass is 10.1. The van der Waals surface area contributed by atoms with Gasteiger partial charge in [-0.3, -0.25) is 14.2 Å². The number of amides is 1. The number of carbonyl (C=O) groups is 1. The average Bonchev–Trinajstić information content (AvgIpc) is 3.46. The summed E-state index contributed by atoms with van der Waals surface area (Å²) in [6.07, 6.45) is 2.17. The number of halogens is 1. The van der Waals surface area contributed by atoms with Gasteiger partial charge in [-0.25, -0.2) is 8.42 Å². The van der Waals surface area contributed by atoms with E-state index in [9.17, 15) is 13.2 Å². The van der Waals surface area contributed by atoms with E-state index in [2.05, 4.69) is 15.1 Å². The molecule has 1 amide bonds. The monoisotopic (exact) mass is 472 g/mol. The Bertz CT molecular complexity index is 1260. The van der Waals surface area contributed by atoms with Crippen molar-refractivity contribution in [2.45, 2.75) is 50.0 Å². The van der Waals surface area contributed by atoms with Crippen molar-refractivity contribution in [3.05, 3.63) is 71.0 Å². The summed E-state index contributed by atoms with van der Waals surface area (Å²) in [4.78, 5) is 13.1. The second-order valence-electron chi connectivity index (χ2n) is 8.91. The topological polar surface area (TPSA) is 93.1 Å². The van der Waals surface area contributed by atoms with E-state index in [4.69, 9.17) is 11.6 Å². The third-order valence-electron chi connectivity index (χ3n) is 5.09. The molecule has 2 N–H and O–H groups in total. The van der Waals surface area contributed by atoms with E-state index in [1.807, 2.05) is 26.8 Å².